The normalized spacial score (nSPS) is 21.2. The van der Waals surface area contributed by atoms with Crippen LogP contribution >= 0.6 is 0 Å². The predicted octanol–water partition coefficient (Wildman–Crippen LogP) is 1.07. The average Bonchev–Trinajstić information content (AvgIpc) is 3.29. The SMILES string of the molecule is COc1c(F)cccc1Nc1c2[nH]c3c1C(=O)NC[C@@H]3[I-]C(=O)N1CCCC(COc3cnccc3-2)C1. The summed E-state index contributed by atoms with van der Waals surface area (Å²) in [5.41, 5.74) is 3.34. The fourth-order valence-electron chi connectivity index (χ4n) is 5.18. The van der Waals surface area contributed by atoms with Crippen LogP contribution in [-0.4, -0.2) is 58.0 Å². The van der Waals surface area contributed by atoms with Gasteiger partial charge in [-0.25, -0.2) is 0 Å². The quantitative estimate of drug-likeness (QED) is 0.176. The van der Waals surface area contributed by atoms with Crippen LogP contribution in [0.4, 0.5) is 20.6 Å². The molecule has 3 N–H and O–H groups in total. The first-order chi connectivity index (χ1) is 18.0. The number of ether oxygens (including phenoxy) is 2. The molecule has 0 spiro atoms. The van der Waals surface area contributed by atoms with Crippen molar-refractivity contribution in [2.45, 2.75) is 16.8 Å². The van der Waals surface area contributed by atoms with Crippen LogP contribution in [0.1, 0.15) is 32.8 Å². The molecule has 5 heterocycles. The van der Waals surface area contributed by atoms with Gasteiger partial charge in [0.15, 0.2) is 0 Å². The average molecular weight is 618 g/mol. The number of piperidine rings is 1. The van der Waals surface area contributed by atoms with Gasteiger partial charge in [-0.05, 0) is 0 Å². The van der Waals surface area contributed by atoms with Gasteiger partial charge >= 0.3 is 224 Å². The number of nitrogens with zero attached hydrogens (tertiary/aromatic N) is 2. The van der Waals surface area contributed by atoms with Gasteiger partial charge < -0.3 is 0 Å². The number of fused-ring (bicyclic) bond motifs is 5. The van der Waals surface area contributed by atoms with Crippen molar-refractivity contribution in [3.63, 3.8) is 0 Å². The van der Waals surface area contributed by atoms with Crippen LogP contribution in [0.3, 0.4) is 0 Å². The molecule has 37 heavy (non-hydrogen) atoms. The second-order valence-corrected chi connectivity index (χ2v) is 12.3. The second-order valence-electron chi connectivity index (χ2n) is 9.29. The maximum atomic E-state index is 14.5. The molecule has 2 amide bonds. The fraction of sp³-hybridized carbons (Fsp3) is 0.346. The van der Waals surface area contributed by atoms with Crippen LogP contribution in [0.15, 0.2) is 36.7 Å². The van der Waals surface area contributed by atoms with Crippen molar-refractivity contribution in [2.24, 2.45) is 5.92 Å². The Balaban J connectivity index is 1.54. The number of alkyl halides is 1. The molecule has 0 radical (unpaired) electrons. The number of aromatic amines is 1. The van der Waals surface area contributed by atoms with Crippen molar-refractivity contribution in [2.75, 3.05) is 38.7 Å². The van der Waals surface area contributed by atoms with Crippen molar-refractivity contribution >= 4 is 21.2 Å². The molecule has 1 unspecified atom stereocenters. The zero-order chi connectivity index (χ0) is 25.5. The zero-order valence-corrected chi connectivity index (χ0v) is 22.3. The Hall–Kier alpha value is -3.35. The van der Waals surface area contributed by atoms with E-state index in [0.717, 1.165) is 24.9 Å². The number of carbonyl (C=O) groups is 2. The molecule has 6 rings (SSSR count). The van der Waals surface area contributed by atoms with Crippen molar-refractivity contribution in [1.29, 1.82) is 0 Å². The summed E-state index contributed by atoms with van der Waals surface area (Å²) in [5, 5.41) is 6.24. The van der Waals surface area contributed by atoms with Crippen molar-refractivity contribution in [3.8, 4) is 22.8 Å². The number of carbonyl (C=O) groups excluding carboxylic acids is 2. The van der Waals surface area contributed by atoms with Crippen LogP contribution in [0, 0.1) is 11.7 Å². The van der Waals surface area contributed by atoms with Gasteiger partial charge in [0.25, 0.3) is 0 Å². The van der Waals surface area contributed by atoms with E-state index < -0.39 is 27.0 Å². The van der Waals surface area contributed by atoms with Gasteiger partial charge in [0.05, 0.1) is 0 Å². The van der Waals surface area contributed by atoms with Crippen molar-refractivity contribution in [3.05, 3.63) is 53.7 Å². The monoisotopic (exact) mass is 618 g/mol. The number of hydrogen-bond donors (Lipinski definition) is 3. The first kappa shape index (κ1) is 24.0. The summed E-state index contributed by atoms with van der Waals surface area (Å²) >= 11 is -0.970. The summed E-state index contributed by atoms with van der Waals surface area (Å²) in [6, 6.07) is 6.42. The molecule has 1 saturated heterocycles. The molecule has 1 fully saturated rings. The van der Waals surface area contributed by atoms with Gasteiger partial charge in [-0.2, -0.15) is 0 Å². The third-order valence-corrected chi connectivity index (χ3v) is 9.99. The van der Waals surface area contributed by atoms with E-state index in [1.165, 1.54) is 13.2 Å². The van der Waals surface area contributed by atoms with E-state index in [1.807, 2.05) is 11.0 Å². The molecular weight excluding hydrogens is 592 g/mol. The summed E-state index contributed by atoms with van der Waals surface area (Å²) in [6.45, 7) is 2.29. The van der Waals surface area contributed by atoms with E-state index in [-0.39, 0.29) is 25.4 Å². The van der Waals surface area contributed by atoms with Crippen LogP contribution in [0.25, 0.3) is 11.3 Å². The van der Waals surface area contributed by atoms with Crippen LogP contribution in [-0.2, 0) is 0 Å². The Labute approximate surface area is 223 Å². The number of benzene rings is 1. The molecule has 0 aliphatic carbocycles. The number of anilines is 2. The molecular formula is C26H26FIN5O4-. The van der Waals surface area contributed by atoms with E-state index in [2.05, 4.69) is 20.6 Å². The number of rotatable bonds is 3. The Kier molecular flexibility index (Phi) is 6.39. The number of halogens is 2. The molecule has 0 saturated carbocycles. The Bertz CT molecular complexity index is 1380. The first-order valence-electron chi connectivity index (χ1n) is 12.2. The minimum atomic E-state index is -0.970. The molecule has 9 nitrogen and oxygen atoms in total. The Morgan fingerprint density at radius 2 is 2.19 bits per heavy atom. The van der Waals surface area contributed by atoms with Crippen molar-refractivity contribution < 1.29 is 44.7 Å². The number of methoxy groups -OCH3 is 1. The van der Waals surface area contributed by atoms with E-state index in [9.17, 15) is 14.0 Å². The zero-order valence-electron chi connectivity index (χ0n) is 20.1. The summed E-state index contributed by atoms with van der Waals surface area (Å²) in [7, 11) is 1.40. The number of amides is 2. The maximum absolute atomic E-state index is 14.5. The molecule has 3 aromatic rings. The second kappa shape index (κ2) is 9.84. The fourth-order valence-corrected chi connectivity index (χ4v) is 7.88. The molecule has 1 aromatic carbocycles. The van der Waals surface area contributed by atoms with Gasteiger partial charge in [0.1, 0.15) is 0 Å². The van der Waals surface area contributed by atoms with E-state index >= 15 is 0 Å². The third-order valence-electron chi connectivity index (χ3n) is 6.96. The van der Waals surface area contributed by atoms with E-state index in [0.29, 0.717) is 53.8 Å². The van der Waals surface area contributed by atoms with Crippen molar-refractivity contribution in [1.82, 2.24) is 20.2 Å². The molecule has 4 bridgehead atoms. The first-order valence-corrected chi connectivity index (χ1v) is 14.5. The number of para-hydroxylation sites is 1. The number of H-pyrrole nitrogens is 1. The van der Waals surface area contributed by atoms with Crippen LogP contribution in [0.2, 0.25) is 0 Å². The van der Waals surface area contributed by atoms with Crippen LogP contribution in [0.5, 0.6) is 11.5 Å². The number of pyridine rings is 1. The molecule has 3 aliphatic rings. The molecule has 3 aliphatic heterocycles. The molecule has 11 heteroatoms. The number of hydrogen-bond acceptors (Lipinski definition) is 6. The summed E-state index contributed by atoms with van der Waals surface area (Å²) in [4.78, 5) is 36.3. The Morgan fingerprint density at radius 3 is 3.05 bits per heavy atom. The standard InChI is InChI=1S/C26H26FIN5O4/c1-36-24-16(27)5-2-6-18(24)31-23-20-22-17(10-30-25(20)34)28-26(35)33-9-3-4-14(12-33)13-37-19-11-29-8-7-15(19)21(23)32-22/h2,5-8,11,14,17,31-32H,3-4,9-10,12-13H2,1H3,(H,30,34)/q-1/t14?,17-/m0/s1. The number of aromatic nitrogens is 2. The molecule has 2 aromatic heterocycles. The van der Waals surface area contributed by atoms with Gasteiger partial charge in [-0.15, -0.1) is 0 Å². The van der Waals surface area contributed by atoms with Gasteiger partial charge in [-0.3, -0.25) is 0 Å². The van der Waals surface area contributed by atoms with Gasteiger partial charge in [0, 0.05) is 0 Å². The topological polar surface area (TPSA) is 109 Å². The van der Waals surface area contributed by atoms with Crippen LogP contribution < -0.4 is 41.3 Å². The summed E-state index contributed by atoms with van der Waals surface area (Å²) in [5.74, 6) is 0.0759. The van der Waals surface area contributed by atoms with Gasteiger partial charge in [-0.1, -0.05) is 0 Å². The third kappa shape index (κ3) is 4.38. The number of nitrogens with one attached hydrogen (secondary N) is 3. The molecule has 2 atom stereocenters. The predicted molar refractivity (Wildman–Crippen MR) is 131 cm³/mol. The summed E-state index contributed by atoms with van der Waals surface area (Å²) < 4.78 is 26.2. The van der Waals surface area contributed by atoms with E-state index in [1.54, 1.807) is 24.5 Å². The minimum absolute atomic E-state index is 0.0417. The van der Waals surface area contributed by atoms with Gasteiger partial charge in [0.2, 0.25) is 0 Å². The molecule has 194 valence electrons. The Morgan fingerprint density at radius 1 is 1.30 bits per heavy atom. The van der Waals surface area contributed by atoms with E-state index in [4.69, 9.17) is 9.47 Å². The summed E-state index contributed by atoms with van der Waals surface area (Å²) in [6.07, 6.45) is 5.28.